The van der Waals surface area contributed by atoms with E-state index in [4.69, 9.17) is 0 Å². The van der Waals surface area contributed by atoms with Gasteiger partial charge in [0.05, 0.1) is 0 Å². The largest absolute Gasteiger partial charge is 0.299 e. The van der Waals surface area contributed by atoms with Crippen molar-refractivity contribution in [3.05, 3.63) is 312 Å². The highest BCUT2D eigenvalue weighted by Crippen LogP contribution is 2.27. The number of halogens is 6. The van der Waals surface area contributed by atoms with Gasteiger partial charge in [0, 0.05) is 54.2 Å². The quantitative estimate of drug-likeness (QED) is 0.162. The van der Waals surface area contributed by atoms with Gasteiger partial charge >= 0.3 is 0 Å². The third-order valence-electron chi connectivity index (χ3n) is 15.2. The molecule has 0 atom stereocenters. The molecule has 0 heterocycles. The first kappa shape index (κ1) is 61.8. The second kappa shape index (κ2) is 31.4. The Hall–Kier alpha value is -4.80. The SMILES string of the molecule is BrCc1cccc(CBr)c1.Brc1cc2cc(c1)CCc1cc(Br)cc(c1)CC2.Brc1cc2cc(c1)CCc1cc(Br)cc(c1)CC2.O=C1Cc2cccc(c2)CC(=O)Cc2cccc(c2)C1.c1cc2cc(c1)CCc1cccc(c1)CC2. The second-order valence-corrected chi connectivity index (χ2v) is 26.8. The first-order chi connectivity index (χ1) is 39.8. The average molecular weight is 1470 g/mol. The normalized spacial score (nSPS) is 14.1. The number of hydrogen-bond acceptors (Lipinski definition) is 2. The maximum absolute atomic E-state index is 12.1. The molecule has 0 unspecified atom stereocenters. The Balaban J connectivity index is 0.000000125. The number of hydrogen-bond donors (Lipinski definition) is 0. The Labute approximate surface area is 537 Å². The van der Waals surface area contributed by atoms with Crippen molar-refractivity contribution in [1.29, 1.82) is 0 Å². The topological polar surface area (TPSA) is 34.1 Å². The number of aryl methyl sites for hydroxylation is 12. The lowest BCUT2D eigenvalue weighted by molar-refractivity contribution is -0.118. The van der Waals surface area contributed by atoms with E-state index in [1.165, 1.54) is 95.8 Å². The number of benzene rings is 9. The van der Waals surface area contributed by atoms with Crippen LogP contribution in [0.3, 0.4) is 0 Å². The van der Waals surface area contributed by atoms with Crippen LogP contribution in [0.25, 0.3) is 0 Å². The molecule has 0 aromatic heterocycles. The molecular weight excluding hydrogens is 1400 g/mol. The molecular formula is C74H68Br6O2. The summed E-state index contributed by atoms with van der Waals surface area (Å²) >= 11 is 21.3. The number of Topliss-reactive ketones (excluding diaryl/α,β-unsaturated/α-hetero) is 2. The molecule has 9 aromatic carbocycles. The fourth-order valence-corrected chi connectivity index (χ4v) is 14.2. The van der Waals surface area contributed by atoms with Crippen LogP contribution in [-0.2, 0) is 123 Å². The van der Waals surface area contributed by atoms with Crippen molar-refractivity contribution in [3.63, 3.8) is 0 Å². The molecule has 0 fully saturated rings. The Morgan fingerprint density at radius 2 is 0.415 bits per heavy atom. The van der Waals surface area contributed by atoms with E-state index in [2.05, 4.69) is 241 Å². The van der Waals surface area contributed by atoms with E-state index < -0.39 is 0 Å². The van der Waals surface area contributed by atoms with Gasteiger partial charge in [-0.25, -0.2) is 0 Å². The Morgan fingerprint density at radius 3 is 0.646 bits per heavy atom. The van der Waals surface area contributed by atoms with Gasteiger partial charge in [-0.05, 0) is 226 Å². The van der Waals surface area contributed by atoms with E-state index in [1.54, 1.807) is 0 Å². The highest BCUT2D eigenvalue weighted by molar-refractivity contribution is 9.11. The van der Waals surface area contributed by atoms with Gasteiger partial charge in [0.15, 0.2) is 0 Å². The zero-order valence-corrected chi connectivity index (χ0v) is 55.8. The number of ketones is 2. The zero-order valence-electron chi connectivity index (χ0n) is 46.3. The van der Waals surface area contributed by atoms with Gasteiger partial charge in [-0.15, -0.1) is 0 Å². The van der Waals surface area contributed by atoms with Gasteiger partial charge in [-0.1, -0.05) is 241 Å². The molecule has 13 rings (SSSR count). The van der Waals surface area contributed by atoms with Crippen LogP contribution in [0, 0.1) is 0 Å². The standard InChI is InChI=1S/C18H16O2.2C16H14Br2.C16H16.C8H8Br2/c19-17-9-13-3-1-4-14(7-13)10-18(20)12-16-6-2-5-15(8-16)11-17;2*17-15-7-11-1-2-12-6-14(10-16(18)8-12)4-3-13(5-11)9-15;1-3-13-7-9-15-5-2-6-16(12-15)10-8-14(4-1)11-13;9-5-7-2-1-3-8(4-7)6-10/h1-8H,9-12H2;2*5-10H,1-4H2;1-6,11-12H,7-10H2;1-4H,5-6H2. The molecule has 82 heavy (non-hydrogen) atoms. The Bertz CT molecular complexity index is 3120. The third kappa shape index (κ3) is 20.2. The molecule has 9 aromatic rings. The van der Waals surface area contributed by atoms with Crippen LogP contribution in [0.4, 0.5) is 0 Å². The highest BCUT2D eigenvalue weighted by atomic mass is 79.9. The van der Waals surface area contributed by atoms with Crippen LogP contribution < -0.4 is 0 Å². The monoisotopic (exact) mass is 1460 g/mol. The lowest BCUT2D eigenvalue weighted by Crippen LogP contribution is -2.11. The first-order valence-electron chi connectivity index (χ1n) is 28.5. The number of rotatable bonds is 2. The van der Waals surface area contributed by atoms with Crippen molar-refractivity contribution < 1.29 is 9.59 Å². The predicted octanol–water partition coefficient (Wildman–Crippen LogP) is 19.9. The molecule has 8 heteroatoms. The summed E-state index contributed by atoms with van der Waals surface area (Å²) in [5.41, 5.74) is 24.0. The van der Waals surface area contributed by atoms with Crippen LogP contribution in [0.2, 0.25) is 0 Å². The van der Waals surface area contributed by atoms with Crippen molar-refractivity contribution in [1.82, 2.24) is 0 Å². The fourth-order valence-electron chi connectivity index (χ4n) is 11.2. The smallest absolute Gasteiger partial charge is 0.141 e. The second-order valence-electron chi connectivity index (χ2n) is 22.0. The highest BCUT2D eigenvalue weighted by Gasteiger charge is 2.13. The molecule has 0 spiro atoms. The lowest BCUT2D eigenvalue weighted by atomic mass is 9.95. The summed E-state index contributed by atoms with van der Waals surface area (Å²) < 4.78 is 4.83. The summed E-state index contributed by atoms with van der Waals surface area (Å²) in [6.07, 6.45) is 15.3. The zero-order chi connectivity index (χ0) is 57.2. The Morgan fingerprint density at radius 1 is 0.232 bits per heavy atom. The summed E-state index contributed by atoms with van der Waals surface area (Å²) in [4.78, 5) is 24.2. The fraction of sp³-hybridized carbons (Fsp3) is 0.243. The number of alkyl halides is 2. The molecule has 0 saturated carbocycles. The minimum absolute atomic E-state index is 0.214. The van der Waals surface area contributed by atoms with Crippen LogP contribution in [0.1, 0.15) is 100 Å². The number of fused-ring (bicyclic) bond motifs is 16. The van der Waals surface area contributed by atoms with Gasteiger partial charge in [0.25, 0.3) is 0 Å². The van der Waals surface area contributed by atoms with E-state index in [0.29, 0.717) is 25.7 Å². The van der Waals surface area contributed by atoms with Crippen LogP contribution in [0.15, 0.2) is 212 Å². The summed E-state index contributed by atoms with van der Waals surface area (Å²) in [5, 5.41) is 1.88. The maximum atomic E-state index is 12.1. The van der Waals surface area contributed by atoms with Gasteiger partial charge in [-0.2, -0.15) is 0 Å². The van der Waals surface area contributed by atoms with Crippen molar-refractivity contribution in [2.75, 3.05) is 0 Å². The molecule has 0 aliphatic heterocycles. The summed E-state index contributed by atoms with van der Waals surface area (Å²) in [6, 6.07) is 69.5. The van der Waals surface area contributed by atoms with E-state index >= 15 is 0 Å². The minimum atomic E-state index is 0.214. The summed E-state index contributed by atoms with van der Waals surface area (Å²) in [6.45, 7) is 0. The molecule has 4 aliphatic carbocycles. The number of carbonyl (C=O) groups is 2. The minimum Gasteiger partial charge on any atom is -0.299 e. The maximum Gasteiger partial charge on any atom is 0.141 e. The van der Waals surface area contributed by atoms with Gasteiger partial charge in [-0.3, -0.25) is 9.59 Å². The first-order valence-corrected chi connectivity index (χ1v) is 33.9. The van der Waals surface area contributed by atoms with Gasteiger partial charge in [0.2, 0.25) is 0 Å². The van der Waals surface area contributed by atoms with E-state index in [1.807, 2.05) is 48.5 Å². The molecule has 4 aliphatic rings. The van der Waals surface area contributed by atoms with Crippen molar-refractivity contribution >= 4 is 107 Å². The van der Waals surface area contributed by atoms with Crippen molar-refractivity contribution in [2.24, 2.45) is 0 Å². The van der Waals surface area contributed by atoms with E-state index in [-0.39, 0.29) is 11.6 Å². The molecule has 0 radical (unpaired) electrons. The van der Waals surface area contributed by atoms with Crippen LogP contribution in [-0.4, -0.2) is 11.6 Å². The Kier molecular flexibility index (Phi) is 23.6. The van der Waals surface area contributed by atoms with Gasteiger partial charge < -0.3 is 0 Å². The molecule has 0 N–H and O–H groups in total. The molecule has 0 saturated heterocycles. The lowest BCUT2D eigenvalue weighted by Gasteiger charge is -2.12. The predicted molar refractivity (Wildman–Crippen MR) is 363 cm³/mol. The molecule has 0 amide bonds. The van der Waals surface area contributed by atoms with E-state index in [9.17, 15) is 9.59 Å². The van der Waals surface area contributed by atoms with Gasteiger partial charge in [0.1, 0.15) is 11.6 Å². The summed E-state index contributed by atoms with van der Waals surface area (Å²) in [5.74, 6) is 0.428. The summed E-state index contributed by atoms with van der Waals surface area (Å²) in [7, 11) is 0. The molecule has 2 nitrogen and oxygen atoms in total. The average Bonchev–Trinajstić information content (AvgIpc) is 3.51. The van der Waals surface area contributed by atoms with E-state index in [0.717, 1.165) is 110 Å². The third-order valence-corrected chi connectivity index (χ3v) is 18.3. The number of carbonyl (C=O) groups excluding carboxylic acids is 2. The molecule has 418 valence electrons. The van der Waals surface area contributed by atoms with Crippen LogP contribution in [0.5, 0.6) is 0 Å². The van der Waals surface area contributed by atoms with Crippen LogP contribution >= 0.6 is 95.6 Å². The molecule has 16 bridgehead atoms. The van der Waals surface area contributed by atoms with Crippen molar-refractivity contribution in [3.8, 4) is 0 Å². The van der Waals surface area contributed by atoms with Crippen molar-refractivity contribution in [2.45, 2.75) is 113 Å².